The van der Waals surface area contributed by atoms with Gasteiger partial charge in [-0.1, -0.05) is 6.07 Å². The van der Waals surface area contributed by atoms with Crippen molar-refractivity contribution in [3.8, 4) is 0 Å². The van der Waals surface area contributed by atoms with Gasteiger partial charge in [0.25, 0.3) is 5.91 Å². The standard InChI is InChI=1S/C21H28N4O3/c26-21(20-6-5-18(28-20)16-24-8-1-2-9-24)23-15-19(17-4-3-7-22-14-17)25-10-12-27-13-11-25/h3-7,14,19H,1-2,8-13,15-16H2,(H,23,26). The highest BCUT2D eigenvalue weighted by Crippen LogP contribution is 2.21. The SMILES string of the molecule is O=C(NCC(c1cccnc1)N1CCOCC1)c1ccc(CN2CCCC2)o1. The molecule has 7 nitrogen and oxygen atoms in total. The number of carbonyl (C=O) groups is 1. The van der Waals surface area contributed by atoms with Crippen LogP contribution in [0.1, 0.15) is 40.8 Å². The molecule has 2 saturated heterocycles. The van der Waals surface area contributed by atoms with Crippen molar-refractivity contribution in [3.05, 3.63) is 53.7 Å². The first-order chi connectivity index (χ1) is 13.8. The van der Waals surface area contributed by atoms with E-state index in [1.54, 1.807) is 12.3 Å². The molecular weight excluding hydrogens is 356 g/mol. The minimum atomic E-state index is -0.171. The number of likely N-dealkylation sites (tertiary alicyclic amines) is 1. The Bertz CT molecular complexity index is 752. The summed E-state index contributed by atoms with van der Waals surface area (Å²) in [6.45, 7) is 6.60. The Kier molecular flexibility index (Phi) is 6.36. The number of pyridine rings is 1. The number of hydrogen-bond donors (Lipinski definition) is 1. The van der Waals surface area contributed by atoms with Gasteiger partial charge in [-0.3, -0.25) is 19.6 Å². The quantitative estimate of drug-likeness (QED) is 0.788. The van der Waals surface area contributed by atoms with E-state index >= 15 is 0 Å². The Hall–Kier alpha value is -2.22. The van der Waals surface area contributed by atoms with E-state index in [-0.39, 0.29) is 11.9 Å². The van der Waals surface area contributed by atoms with Gasteiger partial charge in [-0.05, 0) is 49.7 Å². The molecule has 2 aromatic rings. The van der Waals surface area contributed by atoms with Gasteiger partial charge in [0.2, 0.25) is 0 Å². The van der Waals surface area contributed by atoms with E-state index in [0.29, 0.717) is 25.5 Å². The third-order valence-electron chi connectivity index (χ3n) is 5.48. The molecule has 7 heteroatoms. The number of hydrogen-bond acceptors (Lipinski definition) is 6. The summed E-state index contributed by atoms with van der Waals surface area (Å²) < 4.78 is 11.3. The molecule has 2 aliphatic rings. The zero-order valence-electron chi connectivity index (χ0n) is 16.2. The van der Waals surface area contributed by atoms with Crippen molar-refractivity contribution in [2.75, 3.05) is 45.9 Å². The number of furan rings is 1. The van der Waals surface area contributed by atoms with Crippen LogP contribution in [0.5, 0.6) is 0 Å². The number of carbonyl (C=O) groups excluding carboxylic acids is 1. The summed E-state index contributed by atoms with van der Waals surface area (Å²) in [6.07, 6.45) is 6.12. The maximum atomic E-state index is 12.6. The Morgan fingerprint density at radius 3 is 2.71 bits per heavy atom. The molecule has 0 spiro atoms. The summed E-state index contributed by atoms with van der Waals surface area (Å²) in [5.41, 5.74) is 1.10. The Labute approximate surface area is 165 Å². The van der Waals surface area contributed by atoms with Crippen molar-refractivity contribution in [3.63, 3.8) is 0 Å². The number of rotatable bonds is 7. The molecule has 0 saturated carbocycles. The second-order valence-electron chi connectivity index (χ2n) is 7.41. The molecule has 0 bridgehead atoms. The molecular formula is C21H28N4O3. The highest BCUT2D eigenvalue weighted by molar-refractivity contribution is 5.91. The average molecular weight is 384 g/mol. The fourth-order valence-electron chi connectivity index (χ4n) is 3.94. The summed E-state index contributed by atoms with van der Waals surface area (Å²) in [5, 5.41) is 3.05. The molecule has 2 fully saturated rings. The van der Waals surface area contributed by atoms with Crippen LogP contribution >= 0.6 is 0 Å². The highest BCUT2D eigenvalue weighted by Gasteiger charge is 2.24. The van der Waals surface area contributed by atoms with E-state index in [4.69, 9.17) is 9.15 Å². The fourth-order valence-corrected chi connectivity index (χ4v) is 3.94. The zero-order valence-corrected chi connectivity index (χ0v) is 16.2. The predicted molar refractivity (Wildman–Crippen MR) is 105 cm³/mol. The minimum absolute atomic E-state index is 0.0700. The zero-order chi connectivity index (χ0) is 19.2. The van der Waals surface area contributed by atoms with Crippen molar-refractivity contribution >= 4 is 5.91 Å². The van der Waals surface area contributed by atoms with Gasteiger partial charge in [0.15, 0.2) is 5.76 Å². The molecule has 0 aromatic carbocycles. The Balaban J connectivity index is 1.37. The van der Waals surface area contributed by atoms with Crippen LogP contribution in [0.3, 0.4) is 0 Å². The molecule has 28 heavy (non-hydrogen) atoms. The number of nitrogens with zero attached hydrogens (tertiary/aromatic N) is 3. The molecule has 0 aliphatic carbocycles. The van der Waals surface area contributed by atoms with Gasteiger partial charge in [0, 0.05) is 32.0 Å². The molecule has 1 unspecified atom stereocenters. The molecule has 1 atom stereocenters. The van der Waals surface area contributed by atoms with E-state index in [2.05, 4.69) is 26.2 Å². The summed E-state index contributed by atoms with van der Waals surface area (Å²) in [4.78, 5) is 21.6. The maximum Gasteiger partial charge on any atom is 0.287 e. The first kappa shape index (κ1) is 19.1. The summed E-state index contributed by atoms with van der Waals surface area (Å²) in [6, 6.07) is 7.74. The number of morpholine rings is 1. The Morgan fingerprint density at radius 2 is 1.96 bits per heavy atom. The van der Waals surface area contributed by atoms with Crippen LogP contribution in [0.4, 0.5) is 0 Å². The molecule has 0 radical (unpaired) electrons. The van der Waals surface area contributed by atoms with Gasteiger partial charge >= 0.3 is 0 Å². The average Bonchev–Trinajstić information content (AvgIpc) is 3.42. The topological polar surface area (TPSA) is 70.8 Å². The monoisotopic (exact) mass is 384 g/mol. The van der Waals surface area contributed by atoms with Crippen LogP contribution in [0.15, 0.2) is 41.1 Å². The van der Waals surface area contributed by atoms with Crippen molar-refractivity contribution in [1.82, 2.24) is 20.1 Å². The maximum absolute atomic E-state index is 12.6. The summed E-state index contributed by atoms with van der Waals surface area (Å²) in [5.74, 6) is 1.06. The molecule has 150 valence electrons. The van der Waals surface area contributed by atoms with Crippen LogP contribution in [-0.4, -0.2) is 66.6 Å². The fraction of sp³-hybridized carbons (Fsp3) is 0.524. The van der Waals surface area contributed by atoms with Crippen LogP contribution in [0.25, 0.3) is 0 Å². The lowest BCUT2D eigenvalue weighted by molar-refractivity contribution is 0.0161. The first-order valence-electron chi connectivity index (χ1n) is 10.1. The number of amides is 1. The summed E-state index contributed by atoms with van der Waals surface area (Å²) >= 11 is 0. The molecule has 4 heterocycles. The summed E-state index contributed by atoms with van der Waals surface area (Å²) in [7, 11) is 0. The first-order valence-corrected chi connectivity index (χ1v) is 10.1. The van der Waals surface area contributed by atoms with Crippen molar-refractivity contribution in [2.24, 2.45) is 0 Å². The van der Waals surface area contributed by atoms with E-state index < -0.39 is 0 Å². The molecule has 4 rings (SSSR count). The highest BCUT2D eigenvalue weighted by atomic mass is 16.5. The lowest BCUT2D eigenvalue weighted by Crippen LogP contribution is -2.43. The molecule has 1 N–H and O–H groups in total. The van der Waals surface area contributed by atoms with E-state index in [1.807, 2.05) is 18.3 Å². The third kappa shape index (κ3) is 4.79. The lowest BCUT2D eigenvalue weighted by Gasteiger charge is -2.34. The van der Waals surface area contributed by atoms with Gasteiger partial charge in [0.1, 0.15) is 5.76 Å². The number of nitrogens with one attached hydrogen (secondary N) is 1. The van der Waals surface area contributed by atoms with Crippen LogP contribution < -0.4 is 5.32 Å². The molecule has 2 aromatic heterocycles. The predicted octanol–water partition coefficient (Wildman–Crippen LogP) is 2.07. The van der Waals surface area contributed by atoms with E-state index in [1.165, 1.54) is 12.8 Å². The van der Waals surface area contributed by atoms with E-state index in [9.17, 15) is 4.79 Å². The number of aromatic nitrogens is 1. The van der Waals surface area contributed by atoms with Crippen LogP contribution in [-0.2, 0) is 11.3 Å². The van der Waals surface area contributed by atoms with Crippen molar-refractivity contribution in [2.45, 2.75) is 25.4 Å². The van der Waals surface area contributed by atoms with Gasteiger partial charge in [-0.2, -0.15) is 0 Å². The van der Waals surface area contributed by atoms with Crippen molar-refractivity contribution < 1.29 is 13.9 Å². The lowest BCUT2D eigenvalue weighted by atomic mass is 10.1. The van der Waals surface area contributed by atoms with Crippen LogP contribution in [0.2, 0.25) is 0 Å². The minimum Gasteiger partial charge on any atom is -0.455 e. The Morgan fingerprint density at radius 1 is 1.14 bits per heavy atom. The largest absolute Gasteiger partial charge is 0.455 e. The second-order valence-corrected chi connectivity index (χ2v) is 7.41. The van der Waals surface area contributed by atoms with Gasteiger partial charge in [-0.15, -0.1) is 0 Å². The third-order valence-corrected chi connectivity index (χ3v) is 5.48. The molecule has 1 amide bonds. The normalized spacial score (nSPS) is 19.6. The van der Waals surface area contributed by atoms with Gasteiger partial charge < -0.3 is 14.5 Å². The van der Waals surface area contributed by atoms with Crippen molar-refractivity contribution in [1.29, 1.82) is 0 Å². The second kappa shape index (κ2) is 9.32. The smallest absolute Gasteiger partial charge is 0.287 e. The van der Waals surface area contributed by atoms with Gasteiger partial charge in [-0.25, -0.2) is 0 Å². The van der Waals surface area contributed by atoms with E-state index in [0.717, 1.165) is 44.0 Å². The molecule has 2 aliphatic heterocycles. The number of ether oxygens (including phenoxy) is 1. The van der Waals surface area contributed by atoms with Crippen LogP contribution in [0, 0.1) is 0 Å². The van der Waals surface area contributed by atoms with Gasteiger partial charge in [0.05, 0.1) is 25.8 Å².